The number of phenols is 1. The van der Waals surface area contributed by atoms with E-state index < -0.39 is 0 Å². The van der Waals surface area contributed by atoms with Gasteiger partial charge in [-0.05, 0) is 62.4 Å². The molecule has 2 aromatic carbocycles. The number of hydrogen-bond donors (Lipinski definition) is 1. The Kier molecular flexibility index (Phi) is 5.80. The second-order valence-corrected chi connectivity index (χ2v) is 4.81. The molecule has 0 amide bonds. The van der Waals surface area contributed by atoms with E-state index >= 15 is 0 Å². The molecule has 2 rings (SSSR count). The van der Waals surface area contributed by atoms with Crippen LogP contribution >= 0.6 is 0 Å². The van der Waals surface area contributed by atoms with E-state index in [4.69, 9.17) is 9.47 Å². The highest BCUT2D eigenvalue weighted by molar-refractivity contribution is 6.07. The summed E-state index contributed by atoms with van der Waals surface area (Å²) in [6.07, 6.45) is 3.21. The van der Waals surface area contributed by atoms with E-state index in [1.165, 1.54) is 18.2 Å². The maximum absolute atomic E-state index is 12.1. The van der Waals surface area contributed by atoms with Gasteiger partial charge in [0.25, 0.3) is 0 Å². The van der Waals surface area contributed by atoms with Crippen LogP contribution in [-0.4, -0.2) is 24.1 Å². The minimum Gasteiger partial charge on any atom is -0.508 e. The van der Waals surface area contributed by atoms with E-state index in [1.807, 2.05) is 32.0 Å². The Labute approximate surface area is 136 Å². The fourth-order valence-corrected chi connectivity index (χ4v) is 2.08. The molecule has 120 valence electrons. The van der Waals surface area contributed by atoms with Crippen LogP contribution in [0.2, 0.25) is 0 Å². The average molecular weight is 312 g/mol. The van der Waals surface area contributed by atoms with Crippen LogP contribution in [0, 0.1) is 0 Å². The molecular weight excluding hydrogens is 292 g/mol. The molecule has 0 unspecified atom stereocenters. The number of ether oxygens (including phenoxy) is 2. The fraction of sp³-hybridized carbons (Fsp3) is 0.211. The Morgan fingerprint density at radius 1 is 1.04 bits per heavy atom. The van der Waals surface area contributed by atoms with Crippen LogP contribution < -0.4 is 9.47 Å². The van der Waals surface area contributed by atoms with Gasteiger partial charge in [-0.15, -0.1) is 0 Å². The van der Waals surface area contributed by atoms with Crippen molar-refractivity contribution in [2.24, 2.45) is 0 Å². The summed E-state index contributed by atoms with van der Waals surface area (Å²) in [5.41, 5.74) is 1.32. The van der Waals surface area contributed by atoms with Crippen LogP contribution in [0.25, 0.3) is 6.08 Å². The van der Waals surface area contributed by atoms with E-state index in [9.17, 15) is 9.90 Å². The first-order chi connectivity index (χ1) is 11.1. The van der Waals surface area contributed by atoms with Crippen LogP contribution in [0.4, 0.5) is 0 Å². The molecule has 0 saturated carbocycles. The van der Waals surface area contributed by atoms with Crippen molar-refractivity contribution in [3.05, 3.63) is 59.7 Å². The number of phenolic OH excluding ortho intramolecular Hbond substituents is 1. The summed E-state index contributed by atoms with van der Waals surface area (Å²) in [7, 11) is 0. The lowest BCUT2D eigenvalue weighted by molar-refractivity contribution is 0.104. The Bertz CT molecular complexity index is 687. The molecule has 0 atom stereocenters. The highest BCUT2D eigenvalue weighted by Gasteiger charge is 2.05. The number of carbonyl (C=O) groups excluding carboxylic acids is 1. The molecular formula is C19H20O4. The molecule has 0 aliphatic heterocycles. The summed E-state index contributed by atoms with van der Waals surface area (Å²) in [5, 5.41) is 9.25. The van der Waals surface area contributed by atoms with Gasteiger partial charge in [-0.3, -0.25) is 4.79 Å². The van der Waals surface area contributed by atoms with Gasteiger partial charge in [-0.2, -0.15) is 0 Å². The molecule has 0 radical (unpaired) electrons. The van der Waals surface area contributed by atoms with Gasteiger partial charge in [0.15, 0.2) is 5.78 Å². The van der Waals surface area contributed by atoms with Crippen molar-refractivity contribution < 1.29 is 19.4 Å². The summed E-state index contributed by atoms with van der Waals surface area (Å²) < 4.78 is 11.1. The van der Waals surface area contributed by atoms with Gasteiger partial charge in [-0.1, -0.05) is 0 Å². The van der Waals surface area contributed by atoms with Gasteiger partial charge in [0.2, 0.25) is 0 Å². The van der Waals surface area contributed by atoms with Crippen LogP contribution in [0.15, 0.2) is 48.5 Å². The molecule has 0 aromatic heterocycles. The predicted octanol–water partition coefficient (Wildman–Crippen LogP) is 4.09. The maximum atomic E-state index is 12.1. The third-order valence-electron chi connectivity index (χ3n) is 3.16. The molecule has 0 spiro atoms. The second kappa shape index (κ2) is 8.03. The minimum atomic E-state index is -0.138. The van der Waals surface area contributed by atoms with Gasteiger partial charge in [0.05, 0.1) is 13.2 Å². The molecule has 0 heterocycles. The standard InChI is InChI=1S/C19H20O4/c1-3-22-17-11-7-15(19(13-17)23-4-2)8-12-18(21)14-5-9-16(20)10-6-14/h5-13,20H,3-4H2,1-2H3/b12-8+. The third-order valence-corrected chi connectivity index (χ3v) is 3.16. The summed E-state index contributed by atoms with van der Waals surface area (Å²) in [6.45, 7) is 4.94. The van der Waals surface area contributed by atoms with E-state index in [0.29, 0.717) is 24.5 Å². The molecule has 1 N–H and O–H groups in total. The van der Waals surface area contributed by atoms with Crippen LogP contribution in [-0.2, 0) is 0 Å². The van der Waals surface area contributed by atoms with Crippen molar-refractivity contribution in [2.75, 3.05) is 13.2 Å². The Morgan fingerprint density at radius 3 is 2.39 bits per heavy atom. The first kappa shape index (κ1) is 16.6. The number of hydrogen-bond acceptors (Lipinski definition) is 4. The molecule has 4 heteroatoms. The first-order valence-corrected chi connectivity index (χ1v) is 7.55. The lowest BCUT2D eigenvalue weighted by Crippen LogP contribution is -1.97. The minimum absolute atomic E-state index is 0.135. The molecule has 0 bridgehead atoms. The summed E-state index contributed by atoms with van der Waals surface area (Å²) in [6, 6.07) is 11.7. The highest BCUT2D eigenvalue weighted by Crippen LogP contribution is 2.26. The van der Waals surface area contributed by atoms with Crippen LogP contribution in [0.3, 0.4) is 0 Å². The topological polar surface area (TPSA) is 55.8 Å². The van der Waals surface area contributed by atoms with Crippen LogP contribution in [0.5, 0.6) is 17.2 Å². The smallest absolute Gasteiger partial charge is 0.185 e. The molecule has 23 heavy (non-hydrogen) atoms. The lowest BCUT2D eigenvalue weighted by atomic mass is 10.1. The van der Waals surface area contributed by atoms with Gasteiger partial charge in [0, 0.05) is 17.2 Å². The predicted molar refractivity (Wildman–Crippen MR) is 90.3 cm³/mol. The average Bonchev–Trinajstić information content (AvgIpc) is 2.55. The number of rotatable bonds is 7. The number of ketones is 1. The number of benzene rings is 2. The monoisotopic (exact) mass is 312 g/mol. The summed E-state index contributed by atoms with van der Waals surface area (Å²) in [4.78, 5) is 12.1. The third kappa shape index (κ3) is 4.61. The van der Waals surface area contributed by atoms with Crippen molar-refractivity contribution in [2.45, 2.75) is 13.8 Å². The van der Waals surface area contributed by atoms with Gasteiger partial charge in [-0.25, -0.2) is 0 Å². The van der Waals surface area contributed by atoms with Crippen molar-refractivity contribution in [1.82, 2.24) is 0 Å². The second-order valence-electron chi connectivity index (χ2n) is 4.81. The van der Waals surface area contributed by atoms with E-state index in [2.05, 4.69) is 0 Å². The summed E-state index contributed by atoms with van der Waals surface area (Å²) >= 11 is 0. The molecule has 0 saturated heterocycles. The van der Waals surface area contributed by atoms with Gasteiger partial charge in [0.1, 0.15) is 17.2 Å². The van der Waals surface area contributed by atoms with Crippen molar-refractivity contribution in [3.8, 4) is 17.2 Å². The quantitative estimate of drug-likeness (QED) is 0.618. The van der Waals surface area contributed by atoms with Crippen molar-refractivity contribution in [1.29, 1.82) is 0 Å². The SMILES string of the molecule is CCOc1ccc(/C=C/C(=O)c2ccc(O)cc2)c(OCC)c1. The van der Waals surface area contributed by atoms with Crippen molar-refractivity contribution in [3.63, 3.8) is 0 Å². The Hall–Kier alpha value is -2.75. The molecule has 0 aliphatic carbocycles. The van der Waals surface area contributed by atoms with E-state index in [0.717, 1.165) is 11.3 Å². The number of allylic oxidation sites excluding steroid dienone is 1. The highest BCUT2D eigenvalue weighted by atomic mass is 16.5. The normalized spacial score (nSPS) is 10.7. The van der Waals surface area contributed by atoms with Crippen LogP contribution in [0.1, 0.15) is 29.8 Å². The largest absolute Gasteiger partial charge is 0.508 e. The Morgan fingerprint density at radius 2 is 1.74 bits per heavy atom. The number of carbonyl (C=O) groups is 1. The number of aromatic hydroxyl groups is 1. The summed E-state index contributed by atoms with van der Waals surface area (Å²) in [5.74, 6) is 1.41. The maximum Gasteiger partial charge on any atom is 0.185 e. The molecule has 0 aliphatic rings. The van der Waals surface area contributed by atoms with Crippen molar-refractivity contribution >= 4 is 11.9 Å². The molecule has 0 fully saturated rings. The molecule has 2 aromatic rings. The zero-order chi connectivity index (χ0) is 16.7. The van der Waals surface area contributed by atoms with Gasteiger partial charge < -0.3 is 14.6 Å². The lowest BCUT2D eigenvalue weighted by Gasteiger charge is -2.10. The Balaban J connectivity index is 2.20. The van der Waals surface area contributed by atoms with E-state index in [-0.39, 0.29) is 11.5 Å². The van der Waals surface area contributed by atoms with Gasteiger partial charge >= 0.3 is 0 Å². The fourth-order valence-electron chi connectivity index (χ4n) is 2.08. The zero-order valence-corrected chi connectivity index (χ0v) is 13.3. The molecule has 4 nitrogen and oxygen atoms in total. The first-order valence-electron chi connectivity index (χ1n) is 7.55. The zero-order valence-electron chi connectivity index (χ0n) is 13.3. The van der Waals surface area contributed by atoms with E-state index in [1.54, 1.807) is 18.2 Å².